The smallest absolute Gasteiger partial charge is 0.270 e. The molecule has 8 heteroatoms. The first-order valence-electron chi connectivity index (χ1n) is 9.56. The van der Waals surface area contributed by atoms with E-state index in [2.05, 4.69) is 12.2 Å². The van der Waals surface area contributed by atoms with Crippen molar-refractivity contribution in [2.45, 2.75) is 39.0 Å². The molecule has 1 atom stereocenters. The number of nitrogens with two attached hydrogens (primary N) is 1. The summed E-state index contributed by atoms with van der Waals surface area (Å²) < 4.78 is 0. The van der Waals surface area contributed by atoms with Crippen LogP contribution in [0.25, 0.3) is 6.08 Å². The zero-order valence-electron chi connectivity index (χ0n) is 16.1. The molecule has 0 saturated carbocycles. The van der Waals surface area contributed by atoms with E-state index in [1.165, 1.54) is 35.6 Å². The predicted molar refractivity (Wildman–Crippen MR) is 114 cm³/mol. The third-order valence-corrected chi connectivity index (χ3v) is 6.23. The van der Waals surface area contributed by atoms with Crippen molar-refractivity contribution in [3.63, 3.8) is 0 Å². The number of anilines is 1. The summed E-state index contributed by atoms with van der Waals surface area (Å²) in [6, 6.07) is 6.00. The molecular weight excluding hydrogens is 390 g/mol. The van der Waals surface area contributed by atoms with Crippen LogP contribution in [0.2, 0.25) is 0 Å². The maximum Gasteiger partial charge on any atom is 0.270 e. The van der Waals surface area contributed by atoms with Crippen molar-refractivity contribution in [2.75, 3.05) is 5.32 Å². The number of nitrogens with one attached hydrogen (secondary N) is 1. The second-order valence-corrected chi connectivity index (χ2v) is 8.25. The van der Waals surface area contributed by atoms with Crippen LogP contribution in [0.1, 0.15) is 52.5 Å². The third-order valence-electron chi connectivity index (χ3n) is 5.06. The van der Waals surface area contributed by atoms with Gasteiger partial charge in [-0.15, -0.1) is 11.3 Å². The van der Waals surface area contributed by atoms with E-state index in [4.69, 9.17) is 5.73 Å². The molecule has 1 aromatic carbocycles. The van der Waals surface area contributed by atoms with Gasteiger partial charge < -0.3 is 11.1 Å². The lowest BCUT2D eigenvalue weighted by Crippen LogP contribution is -2.19. The lowest BCUT2D eigenvalue weighted by molar-refractivity contribution is -0.384. The van der Waals surface area contributed by atoms with Crippen molar-refractivity contribution in [3.8, 4) is 0 Å². The van der Waals surface area contributed by atoms with E-state index in [1.807, 2.05) is 0 Å². The molecule has 152 valence electrons. The van der Waals surface area contributed by atoms with Gasteiger partial charge in [0.25, 0.3) is 11.6 Å². The Labute approximate surface area is 172 Å². The lowest BCUT2D eigenvalue weighted by Gasteiger charge is -2.21. The Morgan fingerprint density at radius 3 is 2.90 bits per heavy atom. The Balaban J connectivity index is 1.77. The summed E-state index contributed by atoms with van der Waals surface area (Å²) in [5.74, 6) is -0.346. The topological polar surface area (TPSA) is 115 Å². The molecule has 1 aliphatic rings. The number of nitro groups is 1. The fourth-order valence-electron chi connectivity index (χ4n) is 3.73. The molecule has 0 radical (unpaired) electrons. The summed E-state index contributed by atoms with van der Waals surface area (Å²) in [4.78, 5) is 35.9. The maximum atomic E-state index is 12.4. The van der Waals surface area contributed by atoms with Crippen LogP contribution in [0, 0.1) is 16.0 Å². The normalized spacial score (nSPS) is 15.8. The zero-order chi connectivity index (χ0) is 21.0. The van der Waals surface area contributed by atoms with Gasteiger partial charge in [-0.25, -0.2) is 0 Å². The predicted octanol–water partition coefficient (Wildman–Crippen LogP) is 4.31. The van der Waals surface area contributed by atoms with Crippen molar-refractivity contribution in [1.82, 2.24) is 0 Å². The standard InChI is InChI=1S/C21H23N3O4S/c1-2-4-13-7-9-16-17(12-13)29-21(19(16)20(22)26)23-18(25)10-8-14-5-3-6-15(11-14)24(27)28/h3,5-6,8,10-11,13H,2,4,7,9,12H2,1H3,(H2,22,26)(H,23,25). The number of nitrogens with zero attached hydrogens (tertiary/aromatic N) is 1. The number of hydrogen-bond acceptors (Lipinski definition) is 5. The van der Waals surface area contributed by atoms with Gasteiger partial charge in [-0.3, -0.25) is 19.7 Å². The summed E-state index contributed by atoms with van der Waals surface area (Å²) in [5, 5.41) is 14.1. The molecule has 0 spiro atoms. The van der Waals surface area contributed by atoms with E-state index >= 15 is 0 Å². The summed E-state index contributed by atoms with van der Waals surface area (Å²) in [6.07, 6.45) is 7.80. The van der Waals surface area contributed by atoms with Crippen molar-refractivity contribution < 1.29 is 14.5 Å². The molecule has 2 aromatic rings. The van der Waals surface area contributed by atoms with Crippen molar-refractivity contribution in [1.29, 1.82) is 0 Å². The van der Waals surface area contributed by atoms with Gasteiger partial charge >= 0.3 is 0 Å². The highest BCUT2D eigenvalue weighted by atomic mass is 32.1. The molecule has 7 nitrogen and oxygen atoms in total. The SMILES string of the molecule is CCCC1CCc2c(sc(NC(=O)C=Cc3cccc([N+](=O)[O-])c3)c2C(N)=O)C1. The van der Waals surface area contributed by atoms with Gasteiger partial charge in [0.1, 0.15) is 5.00 Å². The molecule has 1 aromatic heterocycles. The second kappa shape index (κ2) is 9.00. The highest BCUT2D eigenvalue weighted by molar-refractivity contribution is 7.17. The fourth-order valence-corrected chi connectivity index (χ4v) is 5.10. The van der Waals surface area contributed by atoms with E-state index in [0.717, 1.165) is 42.5 Å². The number of non-ortho nitro benzene ring substituents is 1. The summed E-state index contributed by atoms with van der Waals surface area (Å²) in [5.41, 5.74) is 7.47. The average Bonchev–Trinajstić information content (AvgIpc) is 3.04. The van der Waals surface area contributed by atoms with Crippen LogP contribution < -0.4 is 11.1 Å². The molecule has 3 rings (SSSR count). The molecule has 2 amide bonds. The van der Waals surface area contributed by atoms with E-state index in [-0.39, 0.29) is 5.69 Å². The number of hydrogen-bond donors (Lipinski definition) is 2. The van der Waals surface area contributed by atoms with Crippen LogP contribution in [-0.4, -0.2) is 16.7 Å². The van der Waals surface area contributed by atoms with Crippen LogP contribution in [-0.2, 0) is 17.6 Å². The molecular formula is C21H23N3O4S. The molecule has 1 heterocycles. The maximum absolute atomic E-state index is 12.4. The average molecular weight is 413 g/mol. The molecule has 0 bridgehead atoms. The summed E-state index contributed by atoms with van der Waals surface area (Å²) >= 11 is 1.42. The first-order valence-corrected chi connectivity index (χ1v) is 10.4. The number of thiophene rings is 1. The molecule has 0 saturated heterocycles. The molecule has 0 fully saturated rings. The van der Waals surface area contributed by atoms with E-state index in [1.54, 1.807) is 12.1 Å². The Hall–Kier alpha value is -3.00. The van der Waals surface area contributed by atoms with Gasteiger partial charge in [0.15, 0.2) is 0 Å². The van der Waals surface area contributed by atoms with Gasteiger partial charge in [-0.2, -0.15) is 0 Å². The Bertz CT molecular complexity index is 980. The van der Waals surface area contributed by atoms with Crippen molar-refractivity contribution in [3.05, 3.63) is 62.0 Å². The third kappa shape index (κ3) is 4.89. The first-order chi connectivity index (χ1) is 13.9. The molecule has 0 aliphatic heterocycles. The molecule has 3 N–H and O–H groups in total. The number of primary amides is 1. The second-order valence-electron chi connectivity index (χ2n) is 7.14. The van der Waals surface area contributed by atoms with Crippen LogP contribution >= 0.6 is 11.3 Å². The number of nitro benzene ring substituents is 1. The number of fused-ring (bicyclic) bond motifs is 1. The molecule has 1 aliphatic carbocycles. The number of benzene rings is 1. The van der Waals surface area contributed by atoms with Gasteiger partial charge in [-0.05, 0) is 42.4 Å². The minimum absolute atomic E-state index is 0.0452. The summed E-state index contributed by atoms with van der Waals surface area (Å²) in [7, 11) is 0. The first kappa shape index (κ1) is 20.7. The largest absolute Gasteiger partial charge is 0.365 e. The summed E-state index contributed by atoms with van der Waals surface area (Å²) in [6.45, 7) is 2.16. The van der Waals surface area contributed by atoms with Gasteiger partial charge in [-0.1, -0.05) is 31.9 Å². The van der Waals surface area contributed by atoms with Crippen molar-refractivity contribution in [2.24, 2.45) is 11.7 Å². The molecule has 29 heavy (non-hydrogen) atoms. The van der Waals surface area contributed by atoms with E-state index in [9.17, 15) is 19.7 Å². The van der Waals surface area contributed by atoms with Crippen LogP contribution in [0.3, 0.4) is 0 Å². The van der Waals surface area contributed by atoms with Crippen molar-refractivity contribution >= 4 is 39.9 Å². The molecule has 1 unspecified atom stereocenters. The monoisotopic (exact) mass is 413 g/mol. The highest BCUT2D eigenvalue weighted by Gasteiger charge is 2.28. The Morgan fingerprint density at radius 2 is 2.21 bits per heavy atom. The quantitative estimate of drug-likeness (QED) is 0.400. The van der Waals surface area contributed by atoms with Gasteiger partial charge in [0.2, 0.25) is 5.91 Å². The van der Waals surface area contributed by atoms with Crippen LogP contribution in [0.4, 0.5) is 10.7 Å². The fraction of sp³-hybridized carbons (Fsp3) is 0.333. The number of carbonyl (C=O) groups is 2. The van der Waals surface area contributed by atoms with Crippen LogP contribution in [0.15, 0.2) is 30.3 Å². The number of amides is 2. The highest BCUT2D eigenvalue weighted by Crippen LogP contribution is 2.40. The van der Waals surface area contributed by atoms with Gasteiger partial charge in [0, 0.05) is 23.1 Å². The zero-order valence-corrected chi connectivity index (χ0v) is 17.0. The number of carbonyl (C=O) groups excluding carboxylic acids is 2. The Kier molecular flexibility index (Phi) is 6.43. The van der Waals surface area contributed by atoms with E-state index < -0.39 is 16.7 Å². The van der Waals surface area contributed by atoms with E-state index in [0.29, 0.717) is 22.0 Å². The lowest BCUT2D eigenvalue weighted by atomic mass is 9.84. The minimum atomic E-state index is -0.533. The van der Waals surface area contributed by atoms with Gasteiger partial charge in [0.05, 0.1) is 10.5 Å². The number of rotatable bonds is 7. The Morgan fingerprint density at radius 1 is 1.41 bits per heavy atom. The minimum Gasteiger partial charge on any atom is -0.365 e. The van der Waals surface area contributed by atoms with Crippen LogP contribution in [0.5, 0.6) is 0 Å².